The second kappa shape index (κ2) is 15.6. The predicted octanol–water partition coefficient (Wildman–Crippen LogP) is 7.60. The number of benzene rings is 5. The number of hydrogen-bond acceptors (Lipinski definition) is 4. The molecule has 0 atom stereocenters. The van der Waals surface area contributed by atoms with Crippen molar-refractivity contribution in [2.45, 2.75) is 0 Å². The molecule has 0 fully saturated rings. The molecule has 0 aliphatic carbocycles. The summed E-state index contributed by atoms with van der Waals surface area (Å²) in [5.41, 5.74) is 2.11. The van der Waals surface area contributed by atoms with E-state index in [-0.39, 0.29) is 22.3 Å². The maximum atomic E-state index is 16.1. The summed E-state index contributed by atoms with van der Waals surface area (Å²) < 4.78 is 53.1. The molecular formula is C42H28F2O4. The Balaban J connectivity index is 1.77. The van der Waals surface area contributed by atoms with Crippen molar-refractivity contribution in [3.63, 3.8) is 0 Å². The molecule has 234 valence electrons. The van der Waals surface area contributed by atoms with Gasteiger partial charge in [-0.15, -0.1) is 0 Å². The van der Waals surface area contributed by atoms with Crippen molar-refractivity contribution in [3.05, 3.63) is 153 Å². The Morgan fingerprint density at radius 2 is 0.521 bits per heavy atom. The molecule has 0 aliphatic rings. The molecule has 4 nitrogen and oxygen atoms in total. The fourth-order valence-electron chi connectivity index (χ4n) is 4.41. The average Bonchev–Trinajstić information content (AvgIpc) is 3.14. The lowest BCUT2D eigenvalue weighted by Gasteiger charge is -2.09. The third-order valence-electron chi connectivity index (χ3n) is 7.07. The zero-order chi connectivity index (χ0) is 33.9. The number of hydrogen-bond donors (Lipinski definition) is 0. The fourth-order valence-corrected chi connectivity index (χ4v) is 4.41. The molecular weight excluding hydrogens is 606 g/mol. The van der Waals surface area contributed by atoms with Gasteiger partial charge in [-0.25, -0.2) is 8.78 Å². The smallest absolute Gasteiger partial charge is 0.177 e. The van der Waals surface area contributed by atoms with E-state index < -0.39 is 11.6 Å². The van der Waals surface area contributed by atoms with E-state index in [9.17, 15) is 0 Å². The monoisotopic (exact) mass is 634 g/mol. The van der Waals surface area contributed by atoms with Crippen LogP contribution in [-0.2, 0) is 0 Å². The number of halogens is 2. The molecule has 0 spiro atoms. The molecule has 0 aliphatic heterocycles. The fraction of sp³-hybridized carbons (Fsp3) is 0.0952. The van der Waals surface area contributed by atoms with E-state index in [0.717, 1.165) is 0 Å². The lowest BCUT2D eigenvalue weighted by Crippen LogP contribution is -2.05. The lowest BCUT2D eigenvalue weighted by atomic mass is 9.94. The first-order valence-corrected chi connectivity index (χ1v) is 14.6. The number of rotatable bonds is 4. The molecule has 6 heteroatoms. The third-order valence-corrected chi connectivity index (χ3v) is 7.07. The van der Waals surface area contributed by atoms with E-state index in [1.165, 1.54) is 0 Å². The maximum absolute atomic E-state index is 16.1. The van der Waals surface area contributed by atoms with Gasteiger partial charge in [-0.05, 0) is 97.1 Å². The molecule has 0 amide bonds. The minimum atomic E-state index is -1.18. The Morgan fingerprint density at radius 1 is 0.312 bits per heavy atom. The zero-order valence-corrected chi connectivity index (χ0v) is 26.6. The molecule has 0 radical (unpaired) electrons. The van der Waals surface area contributed by atoms with Crippen LogP contribution < -0.4 is 18.9 Å². The Labute approximate surface area is 279 Å². The van der Waals surface area contributed by atoms with Crippen LogP contribution in [0.2, 0.25) is 0 Å². The van der Waals surface area contributed by atoms with Gasteiger partial charge < -0.3 is 18.9 Å². The minimum Gasteiger partial charge on any atom is -0.497 e. The quantitative estimate of drug-likeness (QED) is 0.191. The highest BCUT2D eigenvalue weighted by Crippen LogP contribution is 2.26. The van der Waals surface area contributed by atoms with Crippen LogP contribution in [0.5, 0.6) is 23.0 Å². The summed E-state index contributed by atoms with van der Waals surface area (Å²) in [5.74, 6) is 23.9. The van der Waals surface area contributed by atoms with E-state index in [2.05, 4.69) is 47.4 Å². The van der Waals surface area contributed by atoms with E-state index in [1.54, 1.807) is 126 Å². The highest BCUT2D eigenvalue weighted by Gasteiger charge is 2.22. The first-order chi connectivity index (χ1) is 23.4. The molecule has 0 saturated heterocycles. The van der Waals surface area contributed by atoms with Crippen LogP contribution in [-0.4, -0.2) is 28.4 Å². The topological polar surface area (TPSA) is 36.9 Å². The van der Waals surface area contributed by atoms with Crippen molar-refractivity contribution in [1.82, 2.24) is 0 Å². The summed E-state index contributed by atoms with van der Waals surface area (Å²) in [6, 6.07) is 27.9. The normalized spacial score (nSPS) is 9.62. The van der Waals surface area contributed by atoms with Gasteiger partial charge in [0.2, 0.25) is 0 Å². The van der Waals surface area contributed by atoms with Gasteiger partial charge in [0, 0.05) is 22.3 Å². The Kier molecular flexibility index (Phi) is 10.7. The SMILES string of the molecule is COc1ccc(C#Cc2c(F)c(F)c(C#Cc3ccc(OC)cc3)c(C#Cc3ccc(OC)cc3)c2C#Cc2ccc(OC)cc2)cc1. The molecule has 5 rings (SSSR count). The van der Waals surface area contributed by atoms with Crippen molar-refractivity contribution < 1.29 is 27.7 Å². The third kappa shape index (κ3) is 7.97. The highest BCUT2D eigenvalue weighted by molar-refractivity contribution is 5.69. The molecule has 5 aromatic rings. The van der Waals surface area contributed by atoms with Gasteiger partial charge in [-0.1, -0.05) is 47.4 Å². The van der Waals surface area contributed by atoms with Crippen molar-refractivity contribution in [2.24, 2.45) is 0 Å². The van der Waals surface area contributed by atoms with E-state index in [4.69, 9.17) is 18.9 Å². The van der Waals surface area contributed by atoms with Crippen molar-refractivity contribution in [3.8, 4) is 70.4 Å². The Bertz CT molecular complexity index is 2010. The molecule has 0 bridgehead atoms. The average molecular weight is 635 g/mol. The summed E-state index contributed by atoms with van der Waals surface area (Å²) >= 11 is 0. The Morgan fingerprint density at radius 3 is 0.729 bits per heavy atom. The van der Waals surface area contributed by atoms with Crippen LogP contribution in [0, 0.1) is 59.0 Å². The first kappa shape index (κ1) is 32.8. The number of ether oxygens (including phenoxy) is 4. The van der Waals surface area contributed by atoms with Crippen LogP contribution in [0.4, 0.5) is 8.78 Å². The van der Waals surface area contributed by atoms with Crippen LogP contribution in [0.15, 0.2) is 97.1 Å². The molecule has 5 aromatic carbocycles. The largest absolute Gasteiger partial charge is 0.497 e. The van der Waals surface area contributed by atoms with Gasteiger partial charge >= 0.3 is 0 Å². The van der Waals surface area contributed by atoms with Gasteiger partial charge in [-0.2, -0.15) is 0 Å². The second-order valence-electron chi connectivity index (χ2n) is 10.0. The zero-order valence-electron chi connectivity index (χ0n) is 26.6. The van der Waals surface area contributed by atoms with Gasteiger partial charge in [0.05, 0.1) is 50.7 Å². The predicted molar refractivity (Wildman–Crippen MR) is 182 cm³/mol. The molecule has 0 aromatic heterocycles. The first-order valence-electron chi connectivity index (χ1n) is 14.6. The summed E-state index contributed by atoms with van der Waals surface area (Å²) in [5, 5.41) is 0. The van der Waals surface area contributed by atoms with Crippen LogP contribution in [0.3, 0.4) is 0 Å². The molecule has 48 heavy (non-hydrogen) atoms. The van der Waals surface area contributed by atoms with Gasteiger partial charge in [0.25, 0.3) is 0 Å². The molecule has 0 heterocycles. The summed E-state index contributed by atoms with van der Waals surface area (Å²) in [6.45, 7) is 0. The van der Waals surface area contributed by atoms with E-state index in [1.807, 2.05) is 0 Å². The summed E-state index contributed by atoms with van der Waals surface area (Å²) in [6.07, 6.45) is 0. The summed E-state index contributed by atoms with van der Waals surface area (Å²) in [7, 11) is 6.25. The van der Waals surface area contributed by atoms with Crippen LogP contribution in [0.1, 0.15) is 44.5 Å². The van der Waals surface area contributed by atoms with Gasteiger partial charge in [0.15, 0.2) is 11.6 Å². The molecule has 0 unspecified atom stereocenters. The molecule has 0 N–H and O–H groups in total. The van der Waals surface area contributed by atoms with Gasteiger partial charge in [-0.3, -0.25) is 0 Å². The van der Waals surface area contributed by atoms with E-state index >= 15 is 8.78 Å². The van der Waals surface area contributed by atoms with Crippen molar-refractivity contribution in [1.29, 1.82) is 0 Å². The van der Waals surface area contributed by atoms with Crippen molar-refractivity contribution in [2.75, 3.05) is 28.4 Å². The second-order valence-corrected chi connectivity index (χ2v) is 10.0. The summed E-state index contributed by atoms with van der Waals surface area (Å²) in [4.78, 5) is 0. The standard InChI is InChI=1S/C42H28F2O4/c1-45-33-17-5-29(6-18-33)13-25-37-38(26-14-30-7-19-34(46-2)20-8-30)40(28-16-32-11-23-36(48-4)24-12-32)42(44)41(43)39(37)27-15-31-9-21-35(47-3)22-10-31/h5-12,17-24H,1-4H3. The highest BCUT2D eigenvalue weighted by atomic mass is 19.2. The molecule has 0 saturated carbocycles. The maximum Gasteiger partial charge on any atom is 0.177 e. The van der Waals surface area contributed by atoms with E-state index in [0.29, 0.717) is 45.3 Å². The minimum absolute atomic E-state index is 0.103. The number of methoxy groups -OCH3 is 4. The van der Waals surface area contributed by atoms with Crippen molar-refractivity contribution >= 4 is 0 Å². The lowest BCUT2D eigenvalue weighted by molar-refractivity contribution is 0.414. The van der Waals surface area contributed by atoms with Gasteiger partial charge in [0.1, 0.15) is 23.0 Å². The van der Waals surface area contributed by atoms with Crippen LogP contribution >= 0.6 is 0 Å². The van der Waals surface area contributed by atoms with Crippen LogP contribution in [0.25, 0.3) is 0 Å². The Hall–Kier alpha value is -6.60.